The van der Waals surface area contributed by atoms with Crippen molar-refractivity contribution in [3.8, 4) is 0 Å². The van der Waals surface area contributed by atoms with E-state index in [4.69, 9.17) is 11.6 Å². The van der Waals surface area contributed by atoms with Crippen LogP contribution in [-0.4, -0.2) is 59.1 Å². The zero-order valence-electron chi connectivity index (χ0n) is 19.1. The Labute approximate surface area is 197 Å². The topological polar surface area (TPSA) is 43.8 Å². The molecule has 1 unspecified atom stereocenters. The predicted octanol–water partition coefficient (Wildman–Crippen LogP) is 4.96. The minimum absolute atomic E-state index is 0.110. The Morgan fingerprint density at radius 3 is 2.59 bits per heavy atom. The zero-order valence-corrected chi connectivity index (χ0v) is 19.9. The largest absolute Gasteiger partial charge is 0.390 e. The van der Waals surface area contributed by atoms with Gasteiger partial charge < -0.3 is 14.9 Å². The Morgan fingerprint density at radius 1 is 1.12 bits per heavy atom. The van der Waals surface area contributed by atoms with Crippen LogP contribution in [0.25, 0.3) is 0 Å². The second-order valence-electron chi connectivity index (χ2n) is 9.73. The summed E-state index contributed by atoms with van der Waals surface area (Å²) in [6.07, 6.45) is 5.69. The van der Waals surface area contributed by atoms with E-state index < -0.39 is 5.60 Å². The maximum absolute atomic E-state index is 12.9. The highest BCUT2D eigenvalue weighted by Gasteiger charge is 2.34. The number of aliphatic hydroxyl groups is 1. The van der Waals surface area contributed by atoms with Crippen LogP contribution >= 0.6 is 11.6 Å². The van der Waals surface area contributed by atoms with Crippen LogP contribution in [0.5, 0.6) is 0 Å². The number of benzene rings is 2. The SMILES string of the molecule is Cc1cc(C(=O)N2CCC(CN3CCC(O)(CCCc4ccccc4)CC3)C2)ccc1Cl. The monoisotopic (exact) mass is 454 g/mol. The Hall–Kier alpha value is -1.88. The first-order valence-corrected chi connectivity index (χ1v) is 12.3. The van der Waals surface area contributed by atoms with Gasteiger partial charge in [-0.05, 0) is 80.7 Å². The third-order valence-corrected chi connectivity index (χ3v) is 7.66. The molecule has 4 rings (SSSR count). The van der Waals surface area contributed by atoms with Gasteiger partial charge in [-0.15, -0.1) is 0 Å². The highest BCUT2D eigenvalue weighted by atomic mass is 35.5. The molecule has 0 aromatic heterocycles. The molecular weight excluding hydrogens is 420 g/mol. The van der Waals surface area contributed by atoms with Crippen molar-refractivity contribution in [1.29, 1.82) is 0 Å². The van der Waals surface area contributed by atoms with Crippen LogP contribution in [0.3, 0.4) is 0 Å². The van der Waals surface area contributed by atoms with Gasteiger partial charge in [-0.1, -0.05) is 41.9 Å². The van der Waals surface area contributed by atoms with Gasteiger partial charge in [-0.25, -0.2) is 0 Å². The number of nitrogens with zero attached hydrogens (tertiary/aromatic N) is 2. The molecule has 4 nitrogen and oxygen atoms in total. The summed E-state index contributed by atoms with van der Waals surface area (Å²) < 4.78 is 0. The van der Waals surface area contributed by atoms with Crippen molar-refractivity contribution in [2.24, 2.45) is 5.92 Å². The first-order chi connectivity index (χ1) is 15.4. The van der Waals surface area contributed by atoms with E-state index >= 15 is 0 Å². The summed E-state index contributed by atoms with van der Waals surface area (Å²) >= 11 is 6.10. The number of hydrogen-bond donors (Lipinski definition) is 1. The van der Waals surface area contributed by atoms with Crippen molar-refractivity contribution < 1.29 is 9.90 Å². The lowest BCUT2D eigenvalue weighted by Crippen LogP contribution is -2.46. The smallest absolute Gasteiger partial charge is 0.253 e. The van der Waals surface area contributed by atoms with Crippen LogP contribution in [0.4, 0.5) is 0 Å². The fourth-order valence-electron chi connectivity index (χ4n) is 5.16. The third kappa shape index (κ3) is 5.92. The Morgan fingerprint density at radius 2 is 1.88 bits per heavy atom. The average Bonchev–Trinajstić information content (AvgIpc) is 3.26. The van der Waals surface area contributed by atoms with Crippen LogP contribution in [0.15, 0.2) is 48.5 Å². The average molecular weight is 455 g/mol. The third-order valence-electron chi connectivity index (χ3n) is 7.23. The van der Waals surface area contributed by atoms with Crippen LogP contribution in [0.2, 0.25) is 5.02 Å². The minimum Gasteiger partial charge on any atom is -0.390 e. The van der Waals surface area contributed by atoms with E-state index in [-0.39, 0.29) is 5.91 Å². The molecule has 0 aliphatic carbocycles. The van der Waals surface area contributed by atoms with Gasteiger partial charge in [0.1, 0.15) is 0 Å². The van der Waals surface area contributed by atoms with Crippen LogP contribution in [-0.2, 0) is 6.42 Å². The molecule has 1 atom stereocenters. The highest BCUT2D eigenvalue weighted by Crippen LogP contribution is 2.29. The van der Waals surface area contributed by atoms with Gasteiger partial charge >= 0.3 is 0 Å². The summed E-state index contributed by atoms with van der Waals surface area (Å²) in [5.74, 6) is 0.621. The Balaban J connectivity index is 1.20. The number of carbonyl (C=O) groups excluding carboxylic acids is 1. The van der Waals surface area contributed by atoms with Crippen molar-refractivity contribution in [2.75, 3.05) is 32.7 Å². The van der Waals surface area contributed by atoms with Gasteiger partial charge in [0.2, 0.25) is 0 Å². The summed E-state index contributed by atoms with van der Waals surface area (Å²) in [6, 6.07) is 16.1. The molecule has 0 radical (unpaired) electrons. The second-order valence-corrected chi connectivity index (χ2v) is 10.1. The van der Waals surface area contributed by atoms with Gasteiger partial charge in [0.15, 0.2) is 0 Å². The summed E-state index contributed by atoms with van der Waals surface area (Å²) in [6.45, 7) is 6.49. The normalized spacial score (nSPS) is 21.1. The molecule has 0 bridgehead atoms. The zero-order chi connectivity index (χ0) is 22.6. The standard InChI is InChI=1S/C27H35ClN2O2/c1-21-18-24(9-10-25(21)28)26(31)30-15-11-23(20-30)19-29-16-13-27(32,14-17-29)12-5-8-22-6-3-2-4-7-22/h2-4,6-7,9-10,18,23,32H,5,8,11-17,19-20H2,1H3. The molecule has 2 aromatic carbocycles. The molecule has 5 heteroatoms. The maximum atomic E-state index is 12.9. The van der Waals surface area contributed by atoms with Crippen molar-refractivity contribution in [3.63, 3.8) is 0 Å². The van der Waals surface area contributed by atoms with Crippen molar-refractivity contribution in [1.82, 2.24) is 9.80 Å². The van der Waals surface area contributed by atoms with Gasteiger partial charge in [0, 0.05) is 43.3 Å². The first-order valence-electron chi connectivity index (χ1n) is 12.0. The number of likely N-dealkylation sites (tertiary alicyclic amines) is 2. The molecule has 172 valence electrons. The lowest BCUT2D eigenvalue weighted by molar-refractivity contribution is -0.0312. The van der Waals surface area contributed by atoms with Crippen molar-refractivity contribution in [2.45, 2.75) is 51.0 Å². The quantitative estimate of drug-likeness (QED) is 0.643. The van der Waals surface area contributed by atoms with E-state index in [0.29, 0.717) is 10.9 Å². The van der Waals surface area contributed by atoms with E-state index in [1.54, 1.807) is 0 Å². The van der Waals surface area contributed by atoms with Gasteiger partial charge in [-0.2, -0.15) is 0 Å². The number of halogens is 1. The first kappa shape index (κ1) is 23.3. The molecule has 0 spiro atoms. The summed E-state index contributed by atoms with van der Waals surface area (Å²) in [5, 5.41) is 11.7. The highest BCUT2D eigenvalue weighted by molar-refractivity contribution is 6.31. The fraction of sp³-hybridized carbons (Fsp3) is 0.519. The van der Waals surface area contributed by atoms with Crippen LogP contribution < -0.4 is 0 Å². The Bertz CT molecular complexity index is 909. The molecule has 1 amide bonds. The Kier molecular flexibility index (Phi) is 7.55. The van der Waals surface area contributed by atoms with Gasteiger partial charge in [0.25, 0.3) is 5.91 Å². The lowest BCUT2D eigenvalue weighted by atomic mass is 9.85. The number of amides is 1. The molecule has 2 heterocycles. The fourth-order valence-corrected chi connectivity index (χ4v) is 5.28. The van der Waals surface area contributed by atoms with Crippen LogP contribution in [0.1, 0.15) is 53.6 Å². The van der Waals surface area contributed by atoms with E-state index in [2.05, 4.69) is 29.2 Å². The number of hydrogen-bond acceptors (Lipinski definition) is 3. The molecule has 2 saturated heterocycles. The molecule has 1 N–H and O–H groups in total. The molecule has 2 aliphatic heterocycles. The molecule has 32 heavy (non-hydrogen) atoms. The van der Waals surface area contributed by atoms with Gasteiger partial charge in [0.05, 0.1) is 5.60 Å². The molecule has 2 fully saturated rings. The number of piperidine rings is 1. The molecule has 2 aromatic rings. The van der Waals surface area contributed by atoms with E-state index in [1.165, 1.54) is 5.56 Å². The van der Waals surface area contributed by atoms with Crippen molar-refractivity contribution in [3.05, 3.63) is 70.2 Å². The second kappa shape index (κ2) is 10.4. The minimum atomic E-state index is -0.518. The van der Waals surface area contributed by atoms with E-state index in [9.17, 15) is 9.90 Å². The van der Waals surface area contributed by atoms with Gasteiger partial charge in [-0.3, -0.25) is 4.79 Å². The summed E-state index contributed by atoms with van der Waals surface area (Å²) in [7, 11) is 0. The van der Waals surface area contributed by atoms with Crippen molar-refractivity contribution >= 4 is 17.5 Å². The van der Waals surface area contributed by atoms with E-state index in [0.717, 1.165) is 82.4 Å². The van der Waals surface area contributed by atoms with Crippen LogP contribution in [0, 0.1) is 12.8 Å². The lowest BCUT2D eigenvalue weighted by Gasteiger charge is -2.39. The summed E-state index contributed by atoms with van der Waals surface area (Å²) in [5.41, 5.74) is 2.50. The number of rotatable bonds is 7. The predicted molar refractivity (Wildman–Crippen MR) is 130 cm³/mol. The molecule has 0 saturated carbocycles. The summed E-state index contributed by atoms with van der Waals surface area (Å²) in [4.78, 5) is 17.3. The number of aryl methyl sites for hydroxylation is 2. The number of carbonyl (C=O) groups is 1. The van der Waals surface area contributed by atoms with E-state index in [1.807, 2.05) is 36.1 Å². The molecular formula is C27H35ClN2O2. The maximum Gasteiger partial charge on any atom is 0.253 e. The molecule has 2 aliphatic rings.